The van der Waals surface area contributed by atoms with Gasteiger partial charge in [0, 0.05) is 18.0 Å². The van der Waals surface area contributed by atoms with Crippen LogP contribution in [0.2, 0.25) is 0 Å². The Morgan fingerprint density at radius 1 is 1.19 bits per heavy atom. The van der Waals surface area contributed by atoms with Gasteiger partial charge in [0.2, 0.25) is 5.91 Å². The van der Waals surface area contributed by atoms with Crippen molar-refractivity contribution >= 4 is 17.2 Å². The molecule has 2 aromatic rings. The summed E-state index contributed by atoms with van der Waals surface area (Å²) in [6, 6.07) is 14.8. The summed E-state index contributed by atoms with van der Waals surface area (Å²) in [4.78, 5) is 16.8. The number of hydrogen-bond donors (Lipinski definition) is 3. The Bertz CT molecular complexity index is 700. The van der Waals surface area contributed by atoms with E-state index in [1.165, 1.54) is 17.7 Å². The monoisotopic (exact) mass is 370 g/mol. The maximum atomic E-state index is 12.9. The minimum Gasteiger partial charge on any atom is -0.354 e. The molecular formula is C20H26N4OS. The molecule has 26 heavy (non-hydrogen) atoms. The Morgan fingerprint density at radius 3 is 2.73 bits per heavy atom. The van der Waals surface area contributed by atoms with Gasteiger partial charge in [-0.25, -0.2) is 5.43 Å². The molecule has 1 amide bonds. The largest absolute Gasteiger partial charge is 0.354 e. The van der Waals surface area contributed by atoms with Crippen LogP contribution in [0.25, 0.3) is 0 Å². The fraction of sp³-hybridized carbons (Fsp3) is 0.450. The summed E-state index contributed by atoms with van der Waals surface area (Å²) in [6.07, 6.45) is 2.50. The molecule has 0 aliphatic carbocycles. The summed E-state index contributed by atoms with van der Waals surface area (Å²) in [7, 11) is 0. The molecule has 0 saturated carbocycles. The van der Waals surface area contributed by atoms with E-state index in [0.29, 0.717) is 19.1 Å². The highest BCUT2D eigenvalue weighted by molar-refractivity contribution is 7.10. The Morgan fingerprint density at radius 2 is 2.00 bits per heavy atom. The molecule has 3 atom stereocenters. The number of nitrogens with zero attached hydrogens (tertiary/aromatic N) is 1. The van der Waals surface area contributed by atoms with Crippen molar-refractivity contribution in [3.05, 3.63) is 58.3 Å². The SMILES string of the molecule is O=C(NCC(c1cccs1)N1CCCC1)C1CNNC1c1ccccc1. The van der Waals surface area contributed by atoms with Crippen molar-refractivity contribution in [1.29, 1.82) is 0 Å². The van der Waals surface area contributed by atoms with Crippen LogP contribution >= 0.6 is 11.3 Å². The molecule has 3 heterocycles. The summed E-state index contributed by atoms with van der Waals surface area (Å²) < 4.78 is 0. The van der Waals surface area contributed by atoms with Gasteiger partial charge < -0.3 is 5.32 Å². The minimum atomic E-state index is -0.0973. The van der Waals surface area contributed by atoms with E-state index in [4.69, 9.17) is 0 Å². The third-order valence-electron chi connectivity index (χ3n) is 5.40. The molecule has 3 N–H and O–H groups in total. The standard InChI is InChI=1S/C20H26N4OS/c25-20(16-13-22-23-19(16)15-7-2-1-3-8-15)21-14-17(18-9-6-12-26-18)24-10-4-5-11-24/h1-3,6-9,12,16-17,19,22-23H,4-5,10-11,13-14H2,(H,21,25). The summed E-state index contributed by atoms with van der Waals surface area (Å²) in [5, 5.41) is 5.36. The van der Waals surface area contributed by atoms with E-state index < -0.39 is 0 Å². The topological polar surface area (TPSA) is 56.4 Å². The second-order valence-corrected chi connectivity index (χ2v) is 8.02. The van der Waals surface area contributed by atoms with E-state index >= 15 is 0 Å². The predicted octanol–water partition coefficient (Wildman–Crippen LogP) is 2.47. The fourth-order valence-corrected chi connectivity index (χ4v) is 4.85. The molecular weight excluding hydrogens is 344 g/mol. The average Bonchev–Trinajstić information content (AvgIpc) is 3.44. The second-order valence-electron chi connectivity index (χ2n) is 7.04. The first-order valence-corrected chi connectivity index (χ1v) is 10.3. The number of thiophene rings is 1. The number of likely N-dealkylation sites (tertiary alicyclic amines) is 1. The lowest BCUT2D eigenvalue weighted by Gasteiger charge is -2.28. The lowest BCUT2D eigenvalue weighted by atomic mass is 9.94. The first kappa shape index (κ1) is 17.7. The zero-order valence-electron chi connectivity index (χ0n) is 14.9. The number of benzene rings is 1. The van der Waals surface area contributed by atoms with Gasteiger partial charge in [-0.2, -0.15) is 0 Å². The molecule has 1 aromatic carbocycles. The number of carbonyl (C=O) groups excluding carboxylic acids is 1. The molecule has 2 aliphatic heterocycles. The van der Waals surface area contributed by atoms with Crippen molar-refractivity contribution in [3.8, 4) is 0 Å². The summed E-state index contributed by atoms with van der Waals surface area (Å²) in [6.45, 7) is 3.57. The number of amides is 1. The van der Waals surface area contributed by atoms with Crippen molar-refractivity contribution < 1.29 is 4.79 Å². The van der Waals surface area contributed by atoms with E-state index in [1.807, 2.05) is 18.2 Å². The summed E-state index contributed by atoms with van der Waals surface area (Å²) in [5.41, 5.74) is 7.55. The smallest absolute Gasteiger partial charge is 0.226 e. The quantitative estimate of drug-likeness (QED) is 0.731. The summed E-state index contributed by atoms with van der Waals surface area (Å²) in [5.74, 6) is 0.0251. The molecule has 138 valence electrons. The molecule has 0 bridgehead atoms. The van der Waals surface area contributed by atoms with Crippen LogP contribution in [0.5, 0.6) is 0 Å². The lowest BCUT2D eigenvalue weighted by molar-refractivity contribution is -0.125. The van der Waals surface area contributed by atoms with Gasteiger partial charge in [-0.3, -0.25) is 15.1 Å². The van der Waals surface area contributed by atoms with Gasteiger partial charge in [0.1, 0.15) is 0 Å². The maximum absolute atomic E-state index is 12.9. The normalized spacial score (nSPS) is 24.6. The van der Waals surface area contributed by atoms with Crippen LogP contribution < -0.4 is 16.2 Å². The number of hydrazine groups is 1. The molecule has 6 heteroatoms. The van der Waals surface area contributed by atoms with Crippen LogP contribution in [0.4, 0.5) is 0 Å². The average molecular weight is 371 g/mol. The third-order valence-corrected chi connectivity index (χ3v) is 6.37. The van der Waals surface area contributed by atoms with Crippen LogP contribution in [0.3, 0.4) is 0 Å². The predicted molar refractivity (Wildman–Crippen MR) is 105 cm³/mol. The first-order chi connectivity index (χ1) is 12.8. The highest BCUT2D eigenvalue weighted by Crippen LogP contribution is 2.29. The van der Waals surface area contributed by atoms with E-state index in [1.54, 1.807) is 11.3 Å². The van der Waals surface area contributed by atoms with Gasteiger partial charge >= 0.3 is 0 Å². The minimum absolute atomic E-state index is 0.0168. The van der Waals surface area contributed by atoms with Crippen molar-refractivity contribution in [2.75, 3.05) is 26.2 Å². The van der Waals surface area contributed by atoms with Gasteiger partial charge in [-0.05, 0) is 42.9 Å². The van der Waals surface area contributed by atoms with Crippen LogP contribution in [0.15, 0.2) is 47.8 Å². The zero-order chi connectivity index (χ0) is 17.8. The van der Waals surface area contributed by atoms with Crippen LogP contribution in [-0.2, 0) is 4.79 Å². The van der Waals surface area contributed by atoms with Crippen molar-refractivity contribution in [1.82, 2.24) is 21.1 Å². The van der Waals surface area contributed by atoms with E-state index in [9.17, 15) is 4.79 Å². The Labute approximate surface area is 158 Å². The number of nitrogens with one attached hydrogen (secondary N) is 3. The van der Waals surface area contributed by atoms with Gasteiger partial charge in [0.25, 0.3) is 0 Å². The molecule has 2 aliphatic rings. The molecule has 2 saturated heterocycles. The molecule has 3 unspecified atom stereocenters. The van der Waals surface area contributed by atoms with Crippen molar-refractivity contribution in [2.24, 2.45) is 5.92 Å². The van der Waals surface area contributed by atoms with Gasteiger partial charge in [0.15, 0.2) is 0 Å². The van der Waals surface area contributed by atoms with E-state index in [2.05, 4.69) is 50.7 Å². The number of hydrogen-bond acceptors (Lipinski definition) is 5. The summed E-state index contributed by atoms with van der Waals surface area (Å²) >= 11 is 1.78. The van der Waals surface area contributed by atoms with Crippen molar-refractivity contribution in [3.63, 3.8) is 0 Å². The van der Waals surface area contributed by atoms with E-state index in [0.717, 1.165) is 18.7 Å². The van der Waals surface area contributed by atoms with Gasteiger partial charge in [-0.1, -0.05) is 36.4 Å². The highest BCUT2D eigenvalue weighted by atomic mass is 32.1. The molecule has 0 spiro atoms. The van der Waals surface area contributed by atoms with Gasteiger partial charge in [-0.15, -0.1) is 11.3 Å². The van der Waals surface area contributed by atoms with E-state index in [-0.39, 0.29) is 17.9 Å². The molecule has 5 nitrogen and oxygen atoms in total. The third kappa shape index (κ3) is 3.83. The molecule has 0 radical (unpaired) electrons. The Kier molecular flexibility index (Phi) is 5.65. The number of carbonyl (C=O) groups is 1. The van der Waals surface area contributed by atoms with Crippen LogP contribution in [0.1, 0.15) is 35.4 Å². The first-order valence-electron chi connectivity index (χ1n) is 9.41. The fourth-order valence-electron chi connectivity index (χ4n) is 3.99. The highest BCUT2D eigenvalue weighted by Gasteiger charge is 2.34. The Balaban J connectivity index is 1.41. The maximum Gasteiger partial charge on any atom is 0.226 e. The van der Waals surface area contributed by atoms with Crippen LogP contribution in [0, 0.1) is 5.92 Å². The van der Waals surface area contributed by atoms with Crippen LogP contribution in [-0.4, -0.2) is 37.0 Å². The Hall–Kier alpha value is -1.73. The number of rotatable bonds is 6. The lowest BCUT2D eigenvalue weighted by Crippen LogP contribution is -2.40. The molecule has 2 fully saturated rings. The van der Waals surface area contributed by atoms with Gasteiger partial charge in [0.05, 0.1) is 18.0 Å². The molecule has 4 rings (SSSR count). The second kappa shape index (κ2) is 8.31. The molecule has 1 aromatic heterocycles. The zero-order valence-corrected chi connectivity index (χ0v) is 15.7. The van der Waals surface area contributed by atoms with Crippen molar-refractivity contribution in [2.45, 2.75) is 24.9 Å².